The highest BCUT2D eigenvalue weighted by molar-refractivity contribution is 7.10. The van der Waals surface area contributed by atoms with Crippen molar-refractivity contribution in [1.82, 2.24) is 9.80 Å². The number of nitrogens with zero attached hydrogens (tertiary/aromatic N) is 2. The molecule has 2 heterocycles. The number of rotatable bonds is 11. The van der Waals surface area contributed by atoms with E-state index in [-0.39, 0.29) is 18.6 Å². The van der Waals surface area contributed by atoms with Crippen LogP contribution in [0.1, 0.15) is 34.9 Å². The summed E-state index contributed by atoms with van der Waals surface area (Å²) in [5, 5.41) is 12.8. The zero-order valence-corrected chi connectivity index (χ0v) is 21.5. The lowest BCUT2D eigenvalue weighted by molar-refractivity contribution is -0.136. The summed E-state index contributed by atoms with van der Waals surface area (Å²) in [7, 11) is 0. The highest BCUT2D eigenvalue weighted by atomic mass is 32.1. The molecular formula is C29H34N2O4S. The molecule has 5 rings (SSSR count). The molecule has 1 aliphatic heterocycles. The van der Waals surface area contributed by atoms with E-state index in [1.54, 1.807) is 11.3 Å². The molecule has 0 radical (unpaired) electrons. The van der Waals surface area contributed by atoms with Gasteiger partial charge in [0.25, 0.3) is 0 Å². The van der Waals surface area contributed by atoms with Gasteiger partial charge in [0.15, 0.2) is 0 Å². The van der Waals surface area contributed by atoms with Crippen LogP contribution < -0.4 is 9.47 Å². The molecule has 2 aliphatic rings. The Bertz CT molecular complexity index is 1150. The van der Waals surface area contributed by atoms with Gasteiger partial charge in [0, 0.05) is 24.0 Å². The van der Waals surface area contributed by atoms with Gasteiger partial charge in [-0.05, 0) is 73.0 Å². The van der Waals surface area contributed by atoms with Crippen LogP contribution in [-0.2, 0) is 11.2 Å². The minimum atomic E-state index is -0.663. The number of fused-ring (bicyclic) bond motifs is 1. The van der Waals surface area contributed by atoms with Crippen LogP contribution in [0.25, 0.3) is 0 Å². The van der Waals surface area contributed by atoms with Crippen LogP contribution in [0.3, 0.4) is 0 Å². The van der Waals surface area contributed by atoms with Crippen molar-refractivity contribution in [3.8, 4) is 11.5 Å². The van der Waals surface area contributed by atoms with E-state index in [9.17, 15) is 9.90 Å². The predicted octanol–water partition coefficient (Wildman–Crippen LogP) is 4.47. The quantitative estimate of drug-likeness (QED) is 0.416. The van der Waals surface area contributed by atoms with Crippen molar-refractivity contribution >= 4 is 17.2 Å². The first-order chi connectivity index (χ1) is 17.6. The van der Waals surface area contributed by atoms with Crippen molar-refractivity contribution in [3.63, 3.8) is 0 Å². The van der Waals surface area contributed by atoms with Crippen LogP contribution in [-0.4, -0.2) is 65.8 Å². The van der Waals surface area contributed by atoms with E-state index in [1.165, 1.54) is 10.4 Å². The molecule has 2 atom stereocenters. The Morgan fingerprint density at radius 3 is 2.69 bits per heavy atom. The van der Waals surface area contributed by atoms with Gasteiger partial charge in [0.05, 0.1) is 12.6 Å². The number of amides is 1. The number of aliphatic hydroxyl groups excluding tert-OH is 1. The van der Waals surface area contributed by atoms with Crippen molar-refractivity contribution in [2.24, 2.45) is 0 Å². The number of aliphatic hydroxyl groups is 1. The Hall–Kier alpha value is -2.87. The highest BCUT2D eigenvalue weighted by Crippen LogP contribution is 2.35. The van der Waals surface area contributed by atoms with Crippen LogP contribution in [0.5, 0.6) is 11.5 Å². The SMILES string of the molecule is Cc1cccc(OC[C@@H]2c3ccsc3CCN2C(=O)CN(C[C@@H](O)COc2ccccc2)C2CC2)c1. The summed E-state index contributed by atoms with van der Waals surface area (Å²) in [5.74, 6) is 1.65. The average Bonchev–Trinajstić information content (AvgIpc) is 3.62. The van der Waals surface area contributed by atoms with Crippen LogP contribution in [0.15, 0.2) is 66.0 Å². The van der Waals surface area contributed by atoms with E-state index in [2.05, 4.69) is 16.3 Å². The molecule has 2 aromatic carbocycles. The van der Waals surface area contributed by atoms with E-state index in [0.717, 1.165) is 36.3 Å². The highest BCUT2D eigenvalue weighted by Gasteiger charge is 2.36. The first-order valence-electron chi connectivity index (χ1n) is 12.7. The Morgan fingerprint density at radius 2 is 1.92 bits per heavy atom. The third kappa shape index (κ3) is 6.27. The number of benzene rings is 2. The van der Waals surface area contributed by atoms with Gasteiger partial charge < -0.3 is 19.5 Å². The number of para-hydroxylation sites is 1. The molecule has 7 heteroatoms. The fourth-order valence-corrected chi connectivity index (χ4v) is 5.76. The largest absolute Gasteiger partial charge is 0.491 e. The lowest BCUT2D eigenvalue weighted by atomic mass is 10.0. The van der Waals surface area contributed by atoms with E-state index >= 15 is 0 Å². The zero-order valence-electron chi connectivity index (χ0n) is 20.7. The molecule has 1 N–H and O–H groups in total. The molecule has 190 valence electrons. The van der Waals surface area contributed by atoms with E-state index < -0.39 is 6.10 Å². The van der Waals surface area contributed by atoms with Gasteiger partial charge in [-0.3, -0.25) is 9.69 Å². The topological polar surface area (TPSA) is 62.2 Å². The summed E-state index contributed by atoms with van der Waals surface area (Å²) in [6.45, 7) is 4.09. The maximum atomic E-state index is 13.6. The normalized spacial score (nSPS) is 18.1. The first kappa shape index (κ1) is 24.8. The van der Waals surface area contributed by atoms with E-state index in [0.29, 0.717) is 32.3 Å². The molecule has 1 aliphatic carbocycles. The third-order valence-electron chi connectivity index (χ3n) is 6.85. The summed E-state index contributed by atoms with van der Waals surface area (Å²) >= 11 is 1.76. The third-order valence-corrected chi connectivity index (χ3v) is 7.84. The Morgan fingerprint density at radius 1 is 1.11 bits per heavy atom. The van der Waals surface area contributed by atoms with E-state index in [1.807, 2.05) is 66.4 Å². The Balaban J connectivity index is 1.22. The summed E-state index contributed by atoms with van der Waals surface area (Å²) < 4.78 is 11.9. The molecule has 0 bridgehead atoms. The molecule has 0 spiro atoms. The summed E-state index contributed by atoms with van der Waals surface area (Å²) in [4.78, 5) is 19.1. The van der Waals surface area contributed by atoms with Crippen molar-refractivity contribution in [2.45, 2.75) is 44.4 Å². The zero-order chi connectivity index (χ0) is 24.9. The van der Waals surface area contributed by atoms with Crippen molar-refractivity contribution in [2.75, 3.05) is 32.8 Å². The van der Waals surface area contributed by atoms with Crippen LogP contribution in [0.2, 0.25) is 0 Å². The smallest absolute Gasteiger partial charge is 0.237 e. The minimum Gasteiger partial charge on any atom is -0.491 e. The van der Waals surface area contributed by atoms with Crippen molar-refractivity contribution in [3.05, 3.63) is 82.0 Å². The molecule has 0 saturated heterocycles. The molecule has 0 unspecified atom stereocenters. The minimum absolute atomic E-state index is 0.0905. The monoisotopic (exact) mass is 506 g/mol. The lowest BCUT2D eigenvalue weighted by Gasteiger charge is -2.37. The maximum Gasteiger partial charge on any atom is 0.237 e. The lowest BCUT2D eigenvalue weighted by Crippen LogP contribution is -2.48. The number of carbonyl (C=O) groups excluding carboxylic acids is 1. The van der Waals surface area contributed by atoms with Gasteiger partial charge in [-0.15, -0.1) is 11.3 Å². The van der Waals surface area contributed by atoms with Gasteiger partial charge in [-0.2, -0.15) is 0 Å². The van der Waals surface area contributed by atoms with Gasteiger partial charge in [-0.1, -0.05) is 30.3 Å². The number of hydrogen-bond donors (Lipinski definition) is 1. The van der Waals surface area contributed by atoms with Gasteiger partial charge in [0.1, 0.15) is 30.8 Å². The fourth-order valence-electron chi connectivity index (χ4n) is 4.83. The van der Waals surface area contributed by atoms with Crippen molar-refractivity contribution < 1.29 is 19.4 Å². The average molecular weight is 507 g/mol. The van der Waals surface area contributed by atoms with Crippen LogP contribution in [0, 0.1) is 6.92 Å². The molecule has 1 fully saturated rings. The second-order valence-corrected chi connectivity index (χ2v) is 10.7. The number of hydrogen-bond acceptors (Lipinski definition) is 6. The van der Waals surface area contributed by atoms with Gasteiger partial charge in [-0.25, -0.2) is 0 Å². The Kier molecular flexibility index (Phi) is 7.90. The second kappa shape index (κ2) is 11.5. The number of ether oxygens (including phenoxy) is 2. The number of carbonyl (C=O) groups is 1. The summed E-state index contributed by atoms with van der Waals surface area (Å²) in [5.41, 5.74) is 2.34. The van der Waals surface area contributed by atoms with Crippen LogP contribution >= 0.6 is 11.3 Å². The molecular weight excluding hydrogens is 472 g/mol. The molecule has 3 aromatic rings. The predicted molar refractivity (Wildman–Crippen MR) is 142 cm³/mol. The first-order valence-corrected chi connectivity index (χ1v) is 13.6. The van der Waals surface area contributed by atoms with Gasteiger partial charge in [0.2, 0.25) is 5.91 Å². The molecule has 36 heavy (non-hydrogen) atoms. The molecule has 1 amide bonds. The summed E-state index contributed by atoms with van der Waals surface area (Å²) in [6.07, 6.45) is 2.34. The Labute approximate surface area is 217 Å². The van der Waals surface area contributed by atoms with Crippen molar-refractivity contribution in [1.29, 1.82) is 0 Å². The van der Waals surface area contributed by atoms with Gasteiger partial charge >= 0.3 is 0 Å². The molecule has 1 aromatic heterocycles. The molecule has 6 nitrogen and oxygen atoms in total. The van der Waals surface area contributed by atoms with E-state index in [4.69, 9.17) is 9.47 Å². The molecule has 1 saturated carbocycles. The number of thiophene rings is 1. The standard InChI is InChI=1S/C29H34N2O4S/c1-21-6-5-9-25(16-21)35-20-27-26-13-15-36-28(26)12-14-31(27)29(33)18-30(22-10-11-22)17-23(32)19-34-24-7-3-2-4-8-24/h2-9,13,15-16,22-23,27,32H,10-12,14,17-20H2,1H3/t23-,27-/m1/s1. The second-order valence-electron chi connectivity index (χ2n) is 9.72. The number of aryl methyl sites for hydroxylation is 1. The fraction of sp³-hybridized carbons (Fsp3) is 0.414. The van der Waals surface area contributed by atoms with Crippen LogP contribution in [0.4, 0.5) is 0 Å². The maximum absolute atomic E-state index is 13.6. The summed E-state index contributed by atoms with van der Waals surface area (Å²) in [6, 6.07) is 19.9.